The van der Waals surface area contributed by atoms with Crippen LogP contribution in [0.25, 0.3) is 64.6 Å². The Kier molecular flexibility index (Phi) is 17.2. The van der Waals surface area contributed by atoms with Crippen molar-refractivity contribution in [3.8, 4) is 0 Å². The molecule has 18 nitrogen and oxygen atoms in total. The molecule has 2 aliphatic rings. The van der Waals surface area contributed by atoms with E-state index in [1.807, 2.05) is 62.4 Å². The van der Waals surface area contributed by atoms with Crippen molar-refractivity contribution in [1.82, 2.24) is 10.2 Å². The fourth-order valence-corrected chi connectivity index (χ4v) is 15.7. The number of carbonyl (C=O) groups excluding carboxylic acids is 2. The second kappa shape index (κ2) is 23.6. The van der Waals surface area contributed by atoms with Gasteiger partial charge in [0.15, 0.2) is 0 Å². The van der Waals surface area contributed by atoms with Gasteiger partial charge in [0, 0.05) is 19.6 Å². The van der Waals surface area contributed by atoms with Gasteiger partial charge in [-0.05, 0) is 139 Å². The third-order valence-electron chi connectivity index (χ3n) is 17.1. The summed E-state index contributed by atoms with van der Waals surface area (Å²) < 4.78 is 76.3. The van der Waals surface area contributed by atoms with Crippen LogP contribution in [0.5, 0.6) is 0 Å². The molecule has 0 aromatic heterocycles. The van der Waals surface area contributed by atoms with Gasteiger partial charge in [0.2, 0.25) is 5.91 Å². The number of ether oxygens (including phenoxy) is 1. The Bertz CT molecular complexity index is 3700. The maximum absolute atomic E-state index is 14.4. The number of benzene rings is 8. The first kappa shape index (κ1) is 59.2. The first-order valence-electron chi connectivity index (χ1n) is 27.9. The molecule has 0 radical (unpaired) electrons. The highest BCUT2D eigenvalue weighted by Crippen LogP contribution is 2.54. The molecule has 8 aromatic rings. The average molecular weight is 1170 g/mol. The molecule has 81 heavy (non-hydrogen) atoms. The molecule has 8 atom stereocenters. The number of nitrogens with one attached hydrogen (secondary N) is 1. The topological polar surface area (TPSA) is 257 Å². The smallest absolute Gasteiger partial charge is 0.396 e. The average Bonchev–Trinajstić information content (AvgIpc) is 3.43. The minimum atomic E-state index is -5.14. The van der Waals surface area contributed by atoms with E-state index in [2.05, 4.69) is 66.0 Å². The number of hydrogen-bond acceptors (Lipinski definition) is 12. The monoisotopic (exact) mass is 1170 g/mol. The lowest BCUT2D eigenvalue weighted by atomic mass is 9.82. The minimum absolute atomic E-state index is 0.000989. The number of urea groups is 1. The number of imide groups is 1. The molecule has 8 unspecified atom stereocenters. The molecule has 10 rings (SSSR count). The summed E-state index contributed by atoms with van der Waals surface area (Å²) in [5.74, 6) is -2.24. The lowest BCUT2D eigenvalue weighted by Gasteiger charge is -2.36. The van der Waals surface area contributed by atoms with Crippen molar-refractivity contribution in [2.75, 3.05) is 26.4 Å². The standard InChI is InChI=1S/C60H71N2O16P3/c1-6-59(7-2,77-79(66,67)68)32-39(29-47-23-21-45-19-17-41-13-11-15-43-25-27-49(47)56(45)54(41)43)35-73-80(69,70)76-50-30-52(62-33-37(5)57(64)61-58(62)65)75-51(50)36-74-81(71,72)78-60(8-3,9-4)31-38(34-63)28-46-22-20-44-18-16-40-12-10-14-42-24-26-48(46)55(44)53(40)42/h10-27,37-39,50-52,63H,6-9,28-36H2,1-5H3,(H,69,70)(H,71,72)(H,61,64,65)(H2,66,67,68). The predicted octanol–water partition coefficient (Wildman–Crippen LogP) is 12.4. The van der Waals surface area contributed by atoms with E-state index in [1.54, 1.807) is 20.8 Å². The molecule has 2 aliphatic heterocycles. The summed E-state index contributed by atoms with van der Waals surface area (Å²) in [7, 11) is -15.2. The summed E-state index contributed by atoms with van der Waals surface area (Å²) in [6.45, 7) is 7.27. The van der Waals surface area contributed by atoms with Gasteiger partial charge in [-0.3, -0.25) is 37.6 Å². The third-order valence-corrected chi connectivity index (χ3v) is 19.8. The van der Waals surface area contributed by atoms with E-state index in [0.717, 1.165) is 75.8 Å². The second-order valence-corrected chi connectivity index (χ2v) is 26.2. The zero-order valence-electron chi connectivity index (χ0n) is 46.1. The van der Waals surface area contributed by atoms with E-state index < -0.39 is 96.0 Å². The zero-order chi connectivity index (χ0) is 57.6. The van der Waals surface area contributed by atoms with Crippen LogP contribution >= 0.6 is 23.5 Å². The molecule has 2 saturated heterocycles. The Labute approximate surface area is 470 Å². The van der Waals surface area contributed by atoms with E-state index >= 15 is 0 Å². The summed E-state index contributed by atoms with van der Waals surface area (Å²) >= 11 is 0. The fourth-order valence-electron chi connectivity index (χ4n) is 12.7. The Hall–Kier alpha value is -4.97. The lowest BCUT2D eigenvalue weighted by molar-refractivity contribution is -0.128. The first-order chi connectivity index (χ1) is 38.6. The largest absolute Gasteiger partial charge is 0.472 e. The molecule has 21 heteroatoms. The molecule has 0 saturated carbocycles. The fraction of sp³-hybridized carbons (Fsp3) is 0.433. The van der Waals surface area contributed by atoms with Gasteiger partial charge >= 0.3 is 29.5 Å². The second-order valence-electron chi connectivity index (χ2n) is 22.2. The number of rotatable bonds is 26. The highest BCUT2D eigenvalue weighted by molar-refractivity contribution is 7.47. The van der Waals surface area contributed by atoms with Crippen LogP contribution in [0, 0.1) is 17.8 Å². The van der Waals surface area contributed by atoms with Crippen molar-refractivity contribution >= 4 is 100 Å². The van der Waals surface area contributed by atoms with Gasteiger partial charge in [-0.15, -0.1) is 0 Å². The van der Waals surface area contributed by atoms with E-state index in [0.29, 0.717) is 6.42 Å². The molecular weight excluding hydrogens is 1100 g/mol. The van der Waals surface area contributed by atoms with Crippen LogP contribution in [0.2, 0.25) is 0 Å². The van der Waals surface area contributed by atoms with Crippen LogP contribution in [0.3, 0.4) is 0 Å². The van der Waals surface area contributed by atoms with Gasteiger partial charge in [-0.1, -0.05) is 144 Å². The number of amides is 3. The molecule has 0 aliphatic carbocycles. The van der Waals surface area contributed by atoms with Crippen molar-refractivity contribution in [1.29, 1.82) is 0 Å². The lowest BCUT2D eigenvalue weighted by Crippen LogP contribution is -2.57. The number of aliphatic hydroxyl groups is 1. The van der Waals surface area contributed by atoms with Gasteiger partial charge in [0.1, 0.15) is 18.4 Å². The summed E-state index contributed by atoms with van der Waals surface area (Å²) in [5.41, 5.74) is -0.745. The maximum Gasteiger partial charge on any atom is 0.472 e. The third kappa shape index (κ3) is 12.6. The molecule has 0 bridgehead atoms. The van der Waals surface area contributed by atoms with Gasteiger partial charge in [0.25, 0.3) is 0 Å². The first-order valence-corrected chi connectivity index (χ1v) is 32.4. The number of phosphoric acid groups is 3. The SMILES string of the molecule is CCC(CC)(CC(COP(=O)(O)OC1CC(N2CC(C)C(=O)NC2=O)OC1COP(=O)(O)OC(CC)(CC)CC(CO)Cc1ccc2ccc3cccc4ccc1c2c34)Cc1ccc2ccc3cccc4ccc1c2c34)OP(=O)(O)O. The maximum atomic E-state index is 14.4. The van der Waals surface area contributed by atoms with Gasteiger partial charge in [-0.2, -0.15) is 0 Å². The Balaban J connectivity index is 0.874. The van der Waals surface area contributed by atoms with Crippen molar-refractivity contribution in [2.45, 2.75) is 122 Å². The van der Waals surface area contributed by atoms with Gasteiger partial charge < -0.3 is 29.4 Å². The van der Waals surface area contributed by atoms with Gasteiger partial charge in [-0.25, -0.2) is 18.5 Å². The zero-order valence-corrected chi connectivity index (χ0v) is 48.7. The van der Waals surface area contributed by atoms with Crippen molar-refractivity contribution in [3.05, 3.63) is 120 Å². The van der Waals surface area contributed by atoms with Crippen LogP contribution < -0.4 is 5.32 Å². The normalized spacial score (nSPS) is 21.0. The molecule has 8 aromatic carbocycles. The van der Waals surface area contributed by atoms with E-state index in [4.69, 9.17) is 27.4 Å². The highest BCUT2D eigenvalue weighted by atomic mass is 31.2. The molecule has 2 fully saturated rings. The summed E-state index contributed by atoms with van der Waals surface area (Å²) in [6.07, 6.45) is -2.41. The van der Waals surface area contributed by atoms with E-state index in [1.165, 1.54) is 4.90 Å². The van der Waals surface area contributed by atoms with Crippen molar-refractivity contribution in [3.63, 3.8) is 0 Å². The summed E-state index contributed by atoms with van der Waals surface area (Å²) in [5, 5.41) is 26.0. The molecule has 2 heterocycles. The number of nitrogens with zero attached hydrogens (tertiary/aromatic N) is 1. The number of phosphoric ester groups is 3. The van der Waals surface area contributed by atoms with Crippen molar-refractivity contribution in [2.24, 2.45) is 17.8 Å². The summed E-state index contributed by atoms with van der Waals surface area (Å²) in [4.78, 5) is 70.3. The van der Waals surface area contributed by atoms with Crippen LogP contribution in [-0.4, -0.2) is 97.5 Å². The highest BCUT2D eigenvalue weighted by Gasteiger charge is 2.48. The van der Waals surface area contributed by atoms with E-state index in [-0.39, 0.29) is 64.5 Å². The molecule has 6 N–H and O–H groups in total. The summed E-state index contributed by atoms with van der Waals surface area (Å²) in [6, 6.07) is 36.2. The van der Waals surface area contributed by atoms with Crippen LogP contribution in [0.4, 0.5) is 4.79 Å². The molecule has 432 valence electrons. The minimum Gasteiger partial charge on any atom is -0.396 e. The quantitative estimate of drug-likeness (QED) is 0.0218. The number of hydrogen-bond donors (Lipinski definition) is 6. The van der Waals surface area contributed by atoms with E-state index in [9.17, 15) is 48.0 Å². The van der Waals surface area contributed by atoms with Crippen LogP contribution in [-0.2, 0) is 58.7 Å². The number of aliphatic hydroxyl groups excluding tert-OH is 1. The van der Waals surface area contributed by atoms with Crippen molar-refractivity contribution < 1.29 is 75.3 Å². The molecule has 0 spiro atoms. The van der Waals surface area contributed by atoms with Crippen LogP contribution in [0.15, 0.2) is 109 Å². The Morgan fingerprint density at radius 1 is 0.630 bits per heavy atom. The predicted molar refractivity (Wildman–Crippen MR) is 311 cm³/mol. The van der Waals surface area contributed by atoms with Gasteiger partial charge in [0.05, 0.1) is 30.3 Å². The molecule has 3 amide bonds. The van der Waals surface area contributed by atoms with Crippen LogP contribution in [0.1, 0.15) is 90.7 Å². The molecular formula is C60H71N2O16P3. The Morgan fingerprint density at radius 2 is 1.10 bits per heavy atom. The Morgan fingerprint density at radius 3 is 1.60 bits per heavy atom. The number of carbonyl (C=O) groups is 2.